The standard InChI is InChI=1S/C17H30N2/c1-5-15-6-8-16(9-7-15)11-18-12-17-10-13(2)19(4)14(17)3/h10,15-16,18H,5-9,11-12H2,1-4H3. The van der Waals surface area contributed by atoms with Crippen LogP contribution in [0.5, 0.6) is 0 Å². The van der Waals surface area contributed by atoms with Gasteiger partial charge in [0.25, 0.3) is 0 Å². The van der Waals surface area contributed by atoms with Crippen LogP contribution in [-0.4, -0.2) is 11.1 Å². The van der Waals surface area contributed by atoms with Gasteiger partial charge in [-0.3, -0.25) is 0 Å². The van der Waals surface area contributed by atoms with Crippen molar-refractivity contribution in [1.82, 2.24) is 9.88 Å². The number of rotatable bonds is 5. The van der Waals surface area contributed by atoms with E-state index in [4.69, 9.17) is 0 Å². The molecule has 1 aliphatic rings. The quantitative estimate of drug-likeness (QED) is 0.850. The fourth-order valence-electron chi connectivity index (χ4n) is 3.37. The highest BCUT2D eigenvalue weighted by atomic mass is 15.0. The second-order valence-corrected chi connectivity index (χ2v) is 6.38. The van der Waals surface area contributed by atoms with Crippen LogP contribution in [0.15, 0.2) is 6.07 Å². The summed E-state index contributed by atoms with van der Waals surface area (Å²) in [4.78, 5) is 0. The van der Waals surface area contributed by atoms with E-state index in [9.17, 15) is 0 Å². The van der Waals surface area contributed by atoms with Gasteiger partial charge >= 0.3 is 0 Å². The number of hydrogen-bond donors (Lipinski definition) is 1. The van der Waals surface area contributed by atoms with E-state index in [1.165, 1.54) is 55.6 Å². The maximum Gasteiger partial charge on any atom is 0.0223 e. The van der Waals surface area contributed by atoms with E-state index in [1.807, 2.05) is 0 Å². The van der Waals surface area contributed by atoms with Gasteiger partial charge in [0.05, 0.1) is 0 Å². The maximum absolute atomic E-state index is 3.67. The Bertz CT molecular complexity index is 398. The molecule has 0 spiro atoms. The first-order chi connectivity index (χ1) is 9.11. The molecule has 0 aromatic carbocycles. The predicted octanol–water partition coefficient (Wildman–Crippen LogP) is 3.95. The Labute approximate surface area is 118 Å². The summed E-state index contributed by atoms with van der Waals surface area (Å²) in [6, 6.07) is 2.32. The van der Waals surface area contributed by atoms with Gasteiger partial charge in [0, 0.05) is 25.0 Å². The molecule has 1 heterocycles. The smallest absolute Gasteiger partial charge is 0.0223 e. The van der Waals surface area contributed by atoms with E-state index in [0.29, 0.717) is 0 Å². The molecule has 1 saturated carbocycles. The third kappa shape index (κ3) is 3.62. The third-order valence-electron chi connectivity index (χ3n) is 5.17. The molecule has 1 N–H and O–H groups in total. The van der Waals surface area contributed by atoms with Crippen molar-refractivity contribution in [1.29, 1.82) is 0 Å². The molecule has 0 bridgehead atoms. The molecule has 0 unspecified atom stereocenters. The van der Waals surface area contributed by atoms with Gasteiger partial charge in [0.15, 0.2) is 0 Å². The third-order valence-corrected chi connectivity index (χ3v) is 5.17. The molecule has 19 heavy (non-hydrogen) atoms. The lowest BCUT2D eigenvalue weighted by Gasteiger charge is -2.27. The lowest BCUT2D eigenvalue weighted by Crippen LogP contribution is -2.26. The molecule has 2 nitrogen and oxygen atoms in total. The van der Waals surface area contributed by atoms with Crippen LogP contribution >= 0.6 is 0 Å². The number of nitrogens with one attached hydrogen (secondary N) is 1. The van der Waals surface area contributed by atoms with Crippen molar-refractivity contribution in [2.45, 2.75) is 59.4 Å². The lowest BCUT2D eigenvalue weighted by molar-refractivity contribution is 0.262. The number of aryl methyl sites for hydroxylation is 1. The monoisotopic (exact) mass is 262 g/mol. The highest BCUT2D eigenvalue weighted by Crippen LogP contribution is 2.30. The van der Waals surface area contributed by atoms with Crippen LogP contribution in [0.1, 0.15) is 56.0 Å². The van der Waals surface area contributed by atoms with E-state index in [2.05, 4.69) is 43.8 Å². The van der Waals surface area contributed by atoms with Gasteiger partial charge in [0.1, 0.15) is 0 Å². The van der Waals surface area contributed by atoms with Crippen molar-refractivity contribution in [3.63, 3.8) is 0 Å². The average molecular weight is 262 g/mol. The molecule has 1 aromatic heterocycles. The van der Waals surface area contributed by atoms with E-state index >= 15 is 0 Å². The average Bonchev–Trinajstić information content (AvgIpc) is 2.67. The normalized spacial score (nSPS) is 23.8. The van der Waals surface area contributed by atoms with E-state index < -0.39 is 0 Å². The van der Waals surface area contributed by atoms with Crippen LogP contribution in [0.2, 0.25) is 0 Å². The Kier molecular flexibility index (Phi) is 5.09. The second-order valence-electron chi connectivity index (χ2n) is 6.38. The summed E-state index contributed by atoms with van der Waals surface area (Å²) < 4.78 is 2.28. The maximum atomic E-state index is 3.67. The molecule has 0 saturated heterocycles. The molecular formula is C17H30N2. The molecule has 108 valence electrons. The molecule has 0 radical (unpaired) electrons. The van der Waals surface area contributed by atoms with Crippen molar-refractivity contribution in [3.8, 4) is 0 Å². The van der Waals surface area contributed by atoms with Crippen LogP contribution in [-0.2, 0) is 13.6 Å². The first-order valence-corrected chi connectivity index (χ1v) is 7.94. The van der Waals surface area contributed by atoms with Crippen molar-refractivity contribution in [2.75, 3.05) is 6.54 Å². The van der Waals surface area contributed by atoms with Crippen molar-refractivity contribution < 1.29 is 0 Å². The Balaban J connectivity index is 1.73. The fourth-order valence-corrected chi connectivity index (χ4v) is 3.37. The first-order valence-electron chi connectivity index (χ1n) is 7.94. The largest absolute Gasteiger partial charge is 0.352 e. The SMILES string of the molecule is CCC1CCC(CNCc2cc(C)n(C)c2C)CC1. The Morgan fingerprint density at radius 2 is 1.79 bits per heavy atom. The van der Waals surface area contributed by atoms with Crippen LogP contribution in [0.3, 0.4) is 0 Å². The molecule has 1 fully saturated rings. The lowest BCUT2D eigenvalue weighted by atomic mass is 9.81. The molecule has 0 atom stereocenters. The zero-order valence-electron chi connectivity index (χ0n) is 13.1. The minimum absolute atomic E-state index is 0.910. The van der Waals surface area contributed by atoms with Gasteiger partial charge in [-0.05, 0) is 56.7 Å². The van der Waals surface area contributed by atoms with Crippen LogP contribution < -0.4 is 5.32 Å². The number of nitrogens with zero attached hydrogens (tertiary/aromatic N) is 1. The minimum atomic E-state index is 0.910. The number of hydrogen-bond acceptors (Lipinski definition) is 1. The van der Waals surface area contributed by atoms with Crippen molar-refractivity contribution >= 4 is 0 Å². The van der Waals surface area contributed by atoms with E-state index in [1.54, 1.807) is 0 Å². The summed E-state index contributed by atoms with van der Waals surface area (Å²) in [5, 5.41) is 3.67. The minimum Gasteiger partial charge on any atom is -0.352 e. The van der Waals surface area contributed by atoms with Crippen molar-refractivity contribution in [3.05, 3.63) is 23.0 Å². The Morgan fingerprint density at radius 3 is 2.32 bits per heavy atom. The number of aromatic nitrogens is 1. The first kappa shape index (κ1) is 14.6. The molecule has 0 aliphatic heterocycles. The second kappa shape index (κ2) is 6.60. The molecule has 0 amide bonds. The molecule has 2 heteroatoms. The topological polar surface area (TPSA) is 17.0 Å². The predicted molar refractivity (Wildman–Crippen MR) is 82.3 cm³/mol. The highest BCUT2D eigenvalue weighted by molar-refractivity contribution is 5.26. The van der Waals surface area contributed by atoms with E-state index in [0.717, 1.165) is 18.4 Å². The van der Waals surface area contributed by atoms with Gasteiger partial charge in [0.2, 0.25) is 0 Å². The Morgan fingerprint density at radius 1 is 1.16 bits per heavy atom. The summed E-state index contributed by atoms with van der Waals surface area (Å²) in [5.41, 5.74) is 4.22. The van der Waals surface area contributed by atoms with Crippen LogP contribution in [0, 0.1) is 25.7 Å². The summed E-state index contributed by atoms with van der Waals surface area (Å²) in [5.74, 6) is 1.92. The summed E-state index contributed by atoms with van der Waals surface area (Å²) in [7, 11) is 2.15. The van der Waals surface area contributed by atoms with Gasteiger partial charge in [-0.2, -0.15) is 0 Å². The summed E-state index contributed by atoms with van der Waals surface area (Å²) in [6.45, 7) is 8.97. The van der Waals surface area contributed by atoms with Crippen LogP contribution in [0.25, 0.3) is 0 Å². The molecular weight excluding hydrogens is 232 g/mol. The zero-order valence-corrected chi connectivity index (χ0v) is 13.1. The molecule has 2 rings (SSSR count). The van der Waals surface area contributed by atoms with Crippen molar-refractivity contribution in [2.24, 2.45) is 18.9 Å². The van der Waals surface area contributed by atoms with E-state index in [-0.39, 0.29) is 0 Å². The van der Waals surface area contributed by atoms with Gasteiger partial charge in [-0.15, -0.1) is 0 Å². The molecule has 1 aliphatic carbocycles. The zero-order chi connectivity index (χ0) is 13.8. The van der Waals surface area contributed by atoms with Gasteiger partial charge in [-0.25, -0.2) is 0 Å². The van der Waals surface area contributed by atoms with Crippen LogP contribution in [0.4, 0.5) is 0 Å². The summed E-state index contributed by atoms with van der Waals surface area (Å²) in [6.07, 6.45) is 7.14. The van der Waals surface area contributed by atoms with Gasteiger partial charge < -0.3 is 9.88 Å². The fraction of sp³-hybridized carbons (Fsp3) is 0.765. The highest BCUT2D eigenvalue weighted by Gasteiger charge is 2.19. The van der Waals surface area contributed by atoms with Gasteiger partial charge in [-0.1, -0.05) is 26.2 Å². The summed E-state index contributed by atoms with van der Waals surface area (Å²) >= 11 is 0. The molecule has 1 aromatic rings. The Hall–Kier alpha value is -0.760.